The second kappa shape index (κ2) is 6.72. The molecule has 0 aliphatic heterocycles. The molecule has 0 radical (unpaired) electrons. The number of benzene rings is 1. The van der Waals surface area contributed by atoms with Gasteiger partial charge in [-0.1, -0.05) is 19.1 Å². The van der Waals surface area contributed by atoms with Gasteiger partial charge in [-0.15, -0.1) is 0 Å². The summed E-state index contributed by atoms with van der Waals surface area (Å²) in [6, 6.07) is 6.00. The Labute approximate surface area is 166 Å². The highest BCUT2D eigenvalue weighted by molar-refractivity contribution is 5.76. The zero-order chi connectivity index (χ0) is 21.0. The highest BCUT2D eigenvalue weighted by Gasteiger charge is 2.24. The van der Waals surface area contributed by atoms with Gasteiger partial charge in [-0.25, -0.2) is 9.18 Å². The molecule has 3 heterocycles. The molecule has 0 saturated heterocycles. The Morgan fingerprint density at radius 1 is 1.10 bits per heavy atom. The van der Waals surface area contributed by atoms with E-state index in [2.05, 4.69) is 23.4 Å². The molecule has 0 spiro atoms. The minimum absolute atomic E-state index is 0.0685. The highest BCUT2D eigenvalue weighted by atomic mass is 19.1. The average molecular weight is 397 g/mol. The van der Waals surface area contributed by atoms with E-state index in [1.165, 1.54) is 21.3 Å². The number of nitrogens with zero attached hydrogens (tertiary/aromatic N) is 5. The molecule has 0 fully saturated rings. The largest absolute Gasteiger partial charge is 0.332 e. The summed E-state index contributed by atoms with van der Waals surface area (Å²) in [7, 11) is 1.62. The van der Waals surface area contributed by atoms with Crippen LogP contribution in [0.2, 0.25) is 0 Å². The van der Waals surface area contributed by atoms with Crippen LogP contribution < -0.4 is 11.2 Å². The van der Waals surface area contributed by atoms with Crippen molar-refractivity contribution in [2.75, 3.05) is 0 Å². The maximum atomic E-state index is 13.4. The molecule has 0 unspecified atom stereocenters. The molecule has 0 N–H and O–H groups in total. The van der Waals surface area contributed by atoms with Gasteiger partial charge in [0.25, 0.3) is 5.56 Å². The highest BCUT2D eigenvalue weighted by Crippen LogP contribution is 2.25. The molecule has 0 aliphatic rings. The third-order valence-corrected chi connectivity index (χ3v) is 5.85. The Kier molecular flexibility index (Phi) is 4.44. The van der Waals surface area contributed by atoms with E-state index in [9.17, 15) is 14.0 Å². The van der Waals surface area contributed by atoms with Crippen LogP contribution in [0.15, 0.2) is 33.9 Å². The molecule has 0 bridgehead atoms. The van der Waals surface area contributed by atoms with Crippen LogP contribution in [0.5, 0.6) is 0 Å². The minimum Gasteiger partial charge on any atom is -0.311 e. The topological polar surface area (TPSA) is 66.2 Å². The maximum Gasteiger partial charge on any atom is 0.332 e. The van der Waals surface area contributed by atoms with Gasteiger partial charge in [-0.05, 0) is 44.9 Å². The minimum atomic E-state index is -0.447. The Balaban J connectivity index is 2.05. The van der Waals surface area contributed by atoms with Gasteiger partial charge in [-0.3, -0.25) is 18.3 Å². The lowest BCUT2D eigenvalue weighted by Gasteiger charge is -2.13. The molecule has 8 heteroatoms. The number of imidazole rings is 2. The van der Waals surface area contributed by atoms with E-state index in [-0.39, 0.29) is 18.4 Å². The maximum absolute atomic E-state index is 13.4. The smallest absolute Gasteiger partial charge is 0.311 e. The third kappa shape index (κ3) is 2.73. The van der Waals surface area contributed by atoms with Crippen LogP contribution in [-0.2, 0) is 13.6 Å². The number of rotatable bonds is 4. The van der Waals surface area contributed by atoms with Crippen LogP contribution in [0.3, 0.4) is 0 Å². The van der Waals surface area contributed by atoms with E-state index in [4.69, 9.17) is 0 Å². The monoisotopic (exact) mass is 397 g/mol. The van der Waals surface area contributed by atoms with Gasteiger partial charge >= 0.3 is 5.69 Å². The molecular formula is C21H24FN5O2. The standard InChI is InChI=1S/C21H24FN5O2/c1-6-12(2)26-13(3)14(4)27-17-18(23-20(26)27)24(5)21(29)25(19(17)28)11-15-7-9-16(22)10-8-15/h7-10,12H,6,11H2,1-5H3/t12-/m1/s1. The predicted octanol–water partition coefficient (Wildman–Crippen LogP) is 2.92. The second-order valence-electron chi connectivity index (χ2n) is 7.58. The predicted molar refractivity (Wildman–Crippen MR) is 110 cm³/mol. The number of hydrogen-bond donors (Lipinski definition) is 0. The Morgan fingerprint density at radius 2 is 1.76 bits per heavy atom. The van der Waals surface area contributed by atoms with Gasteiger partial charge in [0, 0.05) is 24.5 Å². The van der Waals surface area contributed by atoms with Crippen LogP contribution in [0.1, 0.15) is 43.3 Å². The van der Waals surface area contributed by atoms with E-state index >= 15 is 0 Å². The lowest BCUT2D eigenvalue weighted by atomic mass is 10.2. The third-order valence-electron chi connectivity index (χ3n) is 5.85. The van der Waals surface area contributed by atoms with E-state index in [0.717, 1.165) is 17.8 Å². The average Bonchev–Trinajstić information content (AvgIpc) is 3.20. The van der Waals surface area contributed by atoms with Crippen molar-refractivity contribution < 1.29 is 4.39 Å². The number of aryl methyl sites for hydroxylation is 2. The number of fused-ring (bicyclic) bond motifs is 3. The SMILES string of the molecule is CC[C@@H](C)n1c(C)c(C)n2c3c(=O)n(Cc4ccc(F)cc4)c(=O)n(C)c3nc12. The zero-order valence-electron chi connectivity index (χ0n) is 17.2. The van der Waals surface area contributed by atoms with Crippen molar-refractivity contribution in [3.05, 3.63) is 67.9 Å². The molecule has 0 saturated carbocycles. The van der Waals surface area contributed by atoms with Crippen LogP contribution in [0.25, 0.3) is 16.9 Å². The first-order valence-corrected chi connectivity index (χ1v) is 9.70. The summed E-state index contributed by atoms with van der Waals surface area (Å²) in [5, 5.41) is 0. The summed E-state index contributed by atoms with van der Waals surface area (Å²) < 4.78 is 19.8. The van der Waals surface area contributed by atoms with Crippen molar-refractivity contribution in [1.29, 1.82) is 0 Å². The fourth-order valence-electron chi connectivity index (χ4n) is 3.90. The molecule has 1 aromatic carbocycles. The summed E-state index contributed by atoms with van der Waals surface area (Å²) in [6.45, 7) is 8.25. The zero-order valence-corrected chi connectivity index (χ0v) is 17.2. The van der Waals surface area contributed by atoms with Gasteiger partial charge in [0.1, 0.15) is 5.82 Å². The number of aromatic nitrogens is 5. The van der Waals surface area contributed by atoms with Crippen molar-refractivity contribution in [1.82, 2.24) is 23.1 Å². The first-order valence-electron chi connectivity index (χ1n) is 9.70. The van der Waals surface area contributed by atoms with E-state index in [1.54, 1.807) is 19.2 Å². The summed E-state index contributed by atoms with van der Waals surface area (Å²) in [5.41, 5.74) is 2.54. The summed E-state index contributed by atoms with van der Waals surface area (Å²) in [5.74, 6) is 0.301. The Morgan fingerprint density at radius 3 is 2.38 bits per heavy atom. The van der Waals surface area contributed by atoms with Crippen LogP contribution in [0, 0.1) is 19.7 Å². The second-order valence-corrected chi connectivity index (χ2v) is 7.58. The molecule has 29 heavy (non-hydrogen) atoms. The van der Waals surface area contributed by atoms with Crippen molar-refractivity contribution >= 4 is 16.9 Å². The van der Waals surface area contributed by atoms with E-state index in [0.29, 0.717) is 22.5 Å². The molecule has 1 atom stereocenters. The van der Waals surface area contributed by atoms with Gasteiger partial charge in [0.05, 0.1) is 6.54 Å². The summed E-state index contributed by atoms with van der Waals surface area (Å²) in [4.78, 5) is 30.9. The summed E-state index contributed by atoms with van der Waals surface area (Å²) >= 11 is 0. The normalized spacial score (nSPS) is 12.9. The molecule has 152 valence electrons. The van der Waals surface area contributed by atoms with Crippen molar-refractivity contribution in [2.45, 2.75) is 46.7 Å². The van der Waals surface area contributed by atoms with Crippen molar-refractivity contribution in [3.63, 3.8) is 0 Å². The molecule has 0 amide bonds. The van der Waals surface area contributed by atoms with E-state index < -0.39 is 11.2 Å². The quantitative estimate of drug-likeness (QED) is 0.532. The van der Waals surface area contributed by atoms with Gasteiger partial charge in [0.2, 0.25) is 5.78 Å². The van der Waals surface area contributed by atoms with Crippen LogP contribution >= 0.6 is 0 Å². The molecule has 3 aromatic heterocycles. The first kappa shape index (κ1) is 19.2. The van der Waals surface area contributed by atoms with Gasteiger partial charge in [-0.2, -0.15) is 4.98 Å². The Bertz CT molecular complexity index is 1350. The lowest BCUT2D eigenvalue weighted by Crippen LogP contribution is -2.39. The van der Waals surface area contributed by atoms with Gasteiger partial charge < -0.3 is 4.57 Å². The molecule has 7 nitrogen and oxygen atoms in total. The molecule has 4 rings (SSSR count). The van der Waals surface area contributed by atoms with E-state index in [1.807, 2.05) is 18.2 Å². The van der Waals surface area contributed by atoms with Crippen molar-refractivity contribution in [2.24, 2.45) is 7.05 Å². The van der Waals surface area contributed by atoms with Crippen LogP contribution in [0.4, 0.5) is 4.39 Å². The first-order chi connectivity index (χ1) is 13.8. The molecular weight excluding hydrogens is 373 g/mol. The number of hydrogen-bond acceptors (Lipinski definition) is 3. The fraction of sp³-hybridized carbons (Fsp3) is 0.381. The van der Waals surface area contributed by atoms with Crippen LogP contribution in [-0.4, -0.2) is 23.1 Å². The summed E-state index contributed by atoms with van der Waals surface area (Å²) in [6.07, 6.45) is 0.918. The van der Waals surface area contributed by atoms with Crippen molar-refractivity contribution in [3.8, 4) is 0 Å². The fourth-order valence-corrected chi connectivity index (χ4v) is 3.90. The van der Waals surface area contributed by atoms with Gasteiger partial charge in [0.15, 0.2) is 11.2 Å². The molecule has 4 aromatic rings. The lowest BCUT2D eigenvalue weighted by molar-refractivity contribution is 0.532. The Hall–Kier alpha value is -3.16. The molecule has 0 aliphatic carbocycles. The number of halogens is 1.